The lowest BCUT2D eigenvalue weighted by Gasteiger charge is -2.09. The molecule has 15 heavy (non-hydrogen) atoms. The molecule has 0 heterocycles. The maximum Gasteiger partial charge on any atom is 0.266 e. The molecule has 0 fully saturated rings. The third-order valence-corrected chi connectivity index (χ3v) is 3.39. The van der Waals surface area contributed by atoms with E-state index in [1.54, 1.807) is 12.1 Å². The van der Waals surface area contributed by atoms with Crippen molar-refractivity contribution in [2.24, 2.45) is 0 Å². The summed E-state index contributed by atoms with van der Waals surface area (Å²) in [5.41, 5.74) is 0. The van der Waals surface area contributed by atoms with E-state index in [1.165, 1.54) is 20.3 Å². The van der Waals surface area contributed by atoms with Crippen LogP contribution < -0.4 is 9.62 Å². The molecule has 1 aromatic rings. The monoisotopic (exact) mass is 295 g/mol. The molecule has 0 saturated carbocycles. The van der Waals surface area contributed by atoms with E-state index in [0.717, 1.165) is 0 Å². The summed E-state index contributed by atoms with van der Waals surface area (Å²) < 4.78 is 28.8. The molecule has 0 aliphatic carbocycles. The molecule has 1 rings (SSSR count). The van der Waals surface area contributed by atoms with E-state index in [-0.39, 0.29) is 10.6 Å². The standard InChI is InChI=1S/C8H10BrNO4S/c1-13-7-4-3-6(9)5-8(7)15(11,12)10-14-2/h3-5,10H,1-2H3. The van der Waals surface area contributed by atoms with Crippen LogP contribution in [0.3, 0.4) is 0 Å². The van der Waals surface area contributed by atoms with E-state index in [0.29, 0.717) is 4.47 Å². The van der Waals surface area contributed by atoms with Crippen molar-refractivity contribution < 1.29 is 18.0 Å². The zero-order valence-electron chi connectivity index (χ0n) is 8.15. The van der Waals surface area contributed by atoms with Gasteiger partial charge in [0.25, 0.3) is 10.0 Å². The van der Waals surface area contributed by atoms with Gasteiger partial charge in [-0.05, 0) is 18.2 Å². The van der Waals surface area contributed by atoms with Gasteiger partial charge < -0.3 is 4.74 Å². The fourth-order valence-electron chi connectivity index (χ4n) is 1.02. The molecule has 0 unspecified atom stereocenters. The highest BCUT2D eigenvalue weighted by atomic mass is 79.9. The van der Waals surface area contributed by atoms with Crippen molar-refractivity contribution in [3.05, 3.63) is 22.7 Å². The first-order chi connectivity index (χ1) is 7.01. The minimum absolute atomic E-state index is 0.0150. The van der Waals surface area contributed by atoms with Gasteiger partial charge in [-0.1, -0.05) is 20.8 Å². The molecule has 0 bridgehead atoms. The predicted octanol–water partition coefficient (Wildman–Crippen LogP) is 1.30. The summed E-state index contributed by atoms with van der Waals surface area (Å²) in [6, 6.07) is 4.67. The van der Waals surface area contributed by atoms with Crippen LogP contribution in [0.1, 0.15) is 0 Å². The summed E-state index contributed by atoms with van der Waals surface area (Å²) in [6.07, 6.45) is 0. The topological polar surface area (TPSA) is 64.6 Å². The Kier molecular flexibility index (Phi) is 4.09. The van der Waals surface area contributed by atoms with Crippen LogP contribution in [0.4, 0.5) is 0 Å². The number of benzene rings is 1. The van der Waals surface area contributed by atoms with Crippen LogP contribution in [0.15, 0.2) is 27.6 Å². The van der Waals surface area contributed by atoms with Gasteiger partial charge in [0.15, 0.2) is 0 Å². The summed E-state index contributed by atoms with van der Waals surface area (Å²) in [4.78, 5) is 6.32. The zero-order valence-corrected chi connectivity index (χ0v) is 10.6. The number of hydrogen-bond acceptors (Lipinski definition) is 4. The second-order valence-corrected chi connectivity index (χ2v) is 5.12. The van der Waals surface area contributed by atoms with Crippen molar-refractivity contribution in [1.82, 2.24) is 4.89 Å². The second-order valence-electron chi connectivity index (χ2n) is 2.59. The lowest BCUT2D eigenvalue weighted by atomic mass is 10.3. The highest BCUT2D eigenvalue weighted by Crippen LogP contribution is 2.26. The Morgan fingerprint density at radius 1 is 1.33 bits per heavy atom. The molecule has 0 spiro atoms. The predicted molar refractivity (Wildman–Crippen MR) is 58.0 cm³/mol. The van der Waals surface area contributed by atoms with Gasteiger partial charge in [-0.2, -0.15) is 0 Å². The Labute approximate surface area is 96.5 Å². The molecule has 0 amide bonds. The van der Waals surface area contributed by atoms with Crippen molar-refractivity contribution in [3.63, 3.8) is 0 Å². The van der Waals surface area contributed by atoms with Gasteiger partial charge in [0.2, 0.25) is 0 Å². The summed E-state index contributed by atoms with van der Waals surface area (Å²) in [6.45, 7) is 0. The fourth-order valence-corrected chi connectivity index (χ4v) is 2.54. The normalized spacial score (nSPS) is 11.4. The molecule has 0 aliphatic rings. The van der Waals surface area contributed by atoms with Crippen molar-refractivity contribution >= 4 is 26.0 Å². The minimum Gasteiger partial charge on any atom is -0.495 e. The van der Waals surface area contributed by atoms with Crippen LogP contribution in [0.5, 0.6) is 5.75 Å². The van der Waals surface area contributed by atoms with Crippen LogP contribution in [0.25, 0.3) is 0 Å². The Morgan fingerprint density at radius 3 is 2.53 bits per heavy atom. The maximum absolute atomic E-state index is 11.6. The molecule has 1 N–H and O–H groups in total. The first-order valence-corrected chi connectivity index (χ1v) is 6.17. The van der Waals surface area contributed by atoms with Gasteiger partial charge >= 0.3 is 0 Å². The molecule has 0 radical (unpaired) electrons. The quantitative estimate of drug-likeness (QED) is 0.851. The Bertz CT molecular complexity index is 446. The average Bonchev–Trinajstić information content (AvgIpc) is 2.17. The van der Waals surface area contributed by atoms with Crippen molar-refractivity contribution in [2.45, 2.75) is 4.90 Å². The number of sulfonamides is 1. The van der Waals surface area contributed by atoms with Crippen molar-refractivity contribution in [1.29, 1.82) is 0 Å². The number of hydrogen-bond donors (Lipinski definition) is 1. The van der Waals surface area contributed by atoms with Crippen molar-refractivity contribution in [2.75, 3.05) is 14.2 Å². The molecule has 5 nitrogen and oxygen atoms in total. The number of nitrogens with one attached hydrogen (secondary N) is 1. The minimum atomic E-state index is -3.70. The molecular weight excluding hydrogens is 286 g/mol. The number of halogens is 1. The molecule has 7 heteroatoms. The smallest absolute Gasteiger partial charge is 0.266 e. The Hall–Kier alpha value is -0.630. The van der Waals surface area contributed by atoms with Gasteiger partial charge in [0.1, 0.15) is 10.6 Å². The first kappa shape index (κ1) is 12.4. The van der Waals surface area contributed by atoms with E-state index in [9.17, 15) is 8.42 Å². The number of rotatable bonds is 4. The van der Waals surface area contributed by atoms with Crippen LogP contribution in [0.2, 0.25) is 0 Å². The summed E-state index contributed by atoms with van der Waals surface area (Å²) in [7, 11) is -1.08. The second kappa shape index (κ2) is 4.93. The van der Waals surface area contributed by atoms with Crippen LogP contribution in [0, 0.1) is 0 Å². The summed E-state index contributed by atoms with van der Waals surface area (Å²) >= 11 is 3.18. The van der Waals surface area contributed by atoms with Gasteiger partial charge in [-0.3, -0.25) is 4.84 Å². The van der Waals surface area contributed by atoms with Gasteiger partial charge in [-0.25, -0.2) is 8.42 Å². The number of methoxy groups -OCH3 is 1. The van der Waals surface area contributed by atoms with E-state index in [2.05, 4.69) is 20.8 Å². The third-order valence-electron chi connectivity index (χ3n) is 1.61. The molecule has 0 aliphatic heterocycles. The van der Waals surface area contributed by atoms with Gasteiger partial charge in [-0.15, -0.1) is 0 Å². The Balaban J connectivity index is 3.28. The number of ether oxygens (including phenoxy) is 1. The summed E-state index contributed by atoms with van der Waals surface area (Å²) in [5.74, 6) is 0.253. The highest BCUT2D eigenvalue weighted by Gasteiger charge is 2.19. The summed E-state index contributed by atoms with van der Waals surface area (Å²) in [5, 5.41) is 0. The van der Waals surface area contributed by atoms with Gasteiger partial charge in [0, 0.05) is 4.47 Å². The average molecular weight is 296 g/mol. The van der Waals surface area contributed by atoms with E-state index >= 15 is 0 Å². The van der Waals surface area contributed by atoms with Crippen LogP contribution in [-0.4, -0.2) is 22.6 Å². The molecule has 0 atom stereocenters. The molecule has 1 aromatic carbocycles. The SMILES string of the molecule is CONS(=O)(=O)c1cc(Br)ccc1OC. The van der Waals surface area contributed by atoms with E-state index in [4.69, 9.17) is 4.74 Å². The highest BCUT2D eigenvalue weighted by molar-refractivity contribution is 9.10. The molecule has 0 aromatic heterocycles. The molecular formula is C8H10BrNO4S. The van der Waals surface area contributed by atoms with Gasteiger partial charge in [0.05, 0.1) is 14.2 Å². The zero-order chi connectivity index (χ0) is 11.5. The fraction of sp³-hybridized carbons (Fsp3) is 0.250. The lowest BCUT2D eigenvalue weighted by molar-refractivity contribution is 0.153. The van der Waals surface area contributed by atoms with Crippen molar-refractivity contribution in [3.8, 4) is 5.75 Å². The molecule has 0 saturated heterocycles. The first-order valence-electron chi connectivity index (χ1n) is 3.89. The Morgan fingerprint density at radius 2 is 2.00 bits per heavy atom. The third kappa shape index (κ3) is 2.91. The van der Waals surface area contributed by atoms with E-state index < -0.39 is 10.0 Å². The maximum atomic E-state index is 11.6. The van der Waals surface area contributed by atoms with Crippen LogP contribution in [-0.2, 0) is 14.9 Å². The van der Waals surface area contributed by atoms with E-state index in [1.807, 2.05) is 4.89 Å². The van der Waals surface area contributed by atoms with Crippen LogP contribution >= 0.6 is 15.9 Å². The molecule has 84 valence electrons. The largest absolute Gasteiger partial charge is 0.495 e. The lowest BCUT2D eigenvalue weighted by Crippen LogP contribution is -2.22.